The van der Waals surface area contributed by atoms with Gasteiger partial charge >= 0.3 is 6.01 Å². The van der Waals surface area contributed by atoms with E-state index >= 15 is 0 Å². The van der Waals surface area contributed by atoms with Gasteiger partial charge in [-0.2, -0.15) is 26.7 Å². The molecule has 8 heteroatoms. The van der Waals surface area contributed by atoms with Crippen LogP contribution in [0.15, 0.2) is 0 Å². The molecule has 3 N–H and O–H groups in total. The second kappa shape index (κ2) is 7.49. The Morgan fingerprint density at radius 3 is 2.90 bits per heavy atom. The van der Waals surface area contributed by atoms with E-state index in [2.05, 4.69) is 31.5 Å². The first-order chi connectivity index (χ1) is 9.76. The number of hydrazine groups is 1. The molecule has 1 aliphatic heterocycles. The van der Waals surface area contributed by atoms with Gasteiger partial charge in [-0.3, -0.25) is 5.43 Å². The number of nitrogens with one attached hydrogen (secondary N) is 1. The van der Waals surface area contributed by atoms with E-state index in [9.17, 15) is 0 Å². The molecule has 1 atom stereocenters. The molecule has 1 fully saturated rings. The molecular weight excluding hydrogens is 276 g/mol. The highest BCUT2D eigenvalue weighted by molar-refractivity contribution is 7.99. The minimum Gasteiger partial charge on any atom is -0.464 e. The molecule has 0 amide bonds. The van der Waals surface area contributed by atoms with Crippen LogP contribution in [0.25, 0.3) is 0 Å². The van der Waals surface area contributed by atoms with Gasteiger partial charge in [0.05, 0.1) is 6.61 Å². The molecule has 0 radical (unpaired) electrons. The van der Waals surface area contributed by atoms with Gasteiger partial charge < -0.3 is 9.64 Å². The lowest BCUT2D eigenvalue weighted by molar-refractivity contribution is 0.312. The summed E-state index contributed by atoms with van der Waals surface area (Å²) in [5, 5.41) is 0.723. The van der Waals surface area contributed by atoms with E-state index in [0.29, 0.717) is 24.5 Å². The molecule has 0 aliphatic carbocycles. The topological polar surface area (TPSA) is 89.2 Å². The van der Waals surface area contributed by atoms with Crippen molar-refractivity contribution in [1.82, 2.24) is 15.0 Å². The Labute approximate surface area is 123 Å². The first-order valence-electron chi connectivity index (χ1n) is 6.90. The van der Waals surface area contributed by atoms with Gasteiger partial charge in [0.2, 0.25) is 11.9 Å². The lowest BCUT2D eigenvalue weighted by atomic mass is 10.2. The van der Waals surface area contributed by atoms with Gasteiger partial charge in [-0.15, -0.1) is 0 Å². The third kappa shape index (κ3) is 3.86. The van der Waals surface area contributed by atoms with Crippen LogP contribution in [0.2, 0.25) is 0 Å². The lowest BCUT2D eigenvalue weighted by Crippen LogP contribution is -2.27. The minimum atomic E-state index is 0.316. The number of ether oxygens (including phenoxy) is 1. The van der Waals surface area contributed by atoms with Gasteiger partial charge in [-0.1, -0.05) is 0 Å². The normalized spacial score (nSPS) is 19.6. The van der Waals surface area contributed by atoms with E-state index in [4.69, 9.17) is 10.6 Å². The lowest BCUT2D eigenvalue weighted by Gasteiger charge is -2.21. The van der Waals surface area contributed by atoms with Crippen molar-refractivity contribution in [3.63, 3.8) is 0 Å². The van der Waals surface area contributed by atoms with E-state index in [0.717, 1.165) is 31.2 Å². The van der Waals surface area contributed by atoms with Gasteiger partial charge in [-0.05, 0) is 32.4 Å². The number of nitrogens with zero attached hydrogens (tertiary/aromatic N) is 4. The van der Waals surface area contributed by atoms with Crippen LogP contribution in [-0.2, 0) is 0 Å². The quantitative estimate of drug-likeness (QED) is 0.620. The fourth-order valence-corrected chi connectivity index (χ4v) is 2.99. The number of nitrogen functional groups attached to an aromatic ring is 1. The molecule has 20 heavy (non-hydrogen) atoms. The van der Waals surface area contributed by atoms with Crippen molar-refractivity contribution in [2.24, 2.45) is 5.84 Å². The van der Waals surface area contributed by atoms with Crippen LogP contribution in [-0.4, -0.2) is 46.2 Å². The average molecular weight is 298 g/mol. The van der Waals surface area contributed by atoms with Crippen molar-refractivity contribution in [2.75, 3.05) is 36.3 Å². The molecule has 2 rings (SSSR count). The standard InChI is InChI=1S/C12H22N6OS/c1-3-19-12-15-10(17-13)14-11(16-12)18-7-4-5-9(20-2)6-8-18/h9H,3-8,13H2,1-2H3,(H,14,15,16,17). The maximum Gasteiger partial charge on any atom is 0.323 e. The number of rotatable bonds is 5. The predicted molar refractivity (Wildman–Crippen MR) is 82.2 cm³/mol. The SMILES string of the molecule is CCOc1nc(NN)nc(N2CCCC(SC)CC2)n1. The van der Waals surface area contributed by atoms with Gasteiger partial charge in [0, 0.05) is 18.3 Å². The third-order valence-corrected chi connectivity index (χ3v) is 4.43. The first kappa shape index (κ1) is 15.1. The molecule has 0 bridgehead atoms. The molecule has 112 valence electrons. The van der Waals surface area contributed by atoms with E-state index in [-0.39, 0.29) is 0 Å². The molecule has 7 nitrogen and oxygen atoms in total. The fourth-order valence-electron chi connectivity index (χ4n) is 2.25. The van der Waals surface area contributed by atoms with Crippen molar-refractivity contribution in [3.05, 3.63) is 0 Å². The highest BCUT2D eigenvalue weighted by Gasteiger charge is 2.19. The van der Waals surface area contributed by atoms with Gasteiger partial charge in [0.1, 0.15) is 0 Å². The van der Waals surface area contributed by atoms with Crippen LogP contribution >= 0.6 is 11.8 Å². The number of hydrogen-bond donors (Lipinski definition) is 2. The molecule has 2 heterocycles. The summed E-state index contributed by atoms with van der Waals surface area (Å²) in [6.45, 7) is 4.32. The largest absolute Gasteiger partial charge is 0.464 e. The molecule has 1 unspecified atom stereocenters. The molecule has 1 aromatic heterocycles. The highest BCUT2D eigenvalue weighted by atomic mass is 32.2. The average Bonchev–Trinajstić information content (AvgIpc) is 2.72. The summed E-state index contributed by atoms with van der Waals surface area (Å²) in [6.07, 6.45) is 5.70. The second-order valence-corrected chi connectivity index (χ2v) is 5.73. The van der Waals surface area contributed by atoms with Crippen molar-refractivity contribution >= 4 is 23.7 Å². The maximum atomic E-state index is 5.41. The zero-order valence-electron chi connectivity index (χ0n) is 12.0. The second-order valence-electron chi connectivity index (χ2n) is 4.59. The Kier molecular flexibility index (Phi) is 5.66. The Morgan fingerprint density at radius 2 is 2.20 bits per heavy atom. The summed E-state index contributed by atoms with van der Waals surface area (Å²) in [6, 6.07) is 0.316. The first-order valence-corrected chi connectivity index (χ1v) is 8.18. The van der Waals surface area contributed by atoms with Gasteiger partial charge in [0.25, 0.3) is 0 Å². The van der Waals surface area contributed by atoms with Crippen molar-refractivity contribution < 1.29 is 4.74 Å². The Morgan fingerprint density at radius 1 is 1.35 bits per heavy atom. The number of hydrogen-bond acceptors (Lipinski definition) is 8. The molecule has 0 spiro atoms. The third-order valence-electron chi connectivity index (χ3n) is 3.30. The smallest absolute Gasteiger partial charge is 0.323 e. The molecular formula is C12H22N6OS. The zero-order chi connectivity index (χ0) is 14.4. The summed E-state index contributed by atoms with van der Waals surface area (Å²) < 4.78 is 5.36. The van der Waals surface area contributed by atoms with Crippen LogP contribution in [0.5, 0.6) is 6.01 Å². The number of aromatic nitrogens is 3. The predicted octanol–water partition coefficient (Wildman–Crippen LogP) is 1.28. The fraction of sp³-hybridized carbons (Fsp3) is 0.750. The van der Waals surface area contributed by atoms with Crippen LogP contribution in [0.4, 0.5) is 11.9 Å². The number of anilines is 2. The van der Waals surface area contributed by atoms with Crippen molar-refractivity contribution in [3.8, 4) is 6.01 Å². The summed E-state index contributed by atoms with van der Waals surface area (Å²) >= 11 is 1.94. The van der Waals surface area contributed by atoms with Crippen molar-refractivity contribution in [1.29, 1.82) is 0 Å². The summed E-state index contributed by atoms with van der Waals surface area (Å²) in [5.41, 5.74) is 2.47. The molecule has 1 aliphatic rings. The van der Waals surface area contributed by atoms with Gasteiger partial charge in [-0.25, -0.2) is 5.84 Å². The van der Waals surface area contributed by atoms with Crippen LogP contribution < -0.4 is 20.9 Å². The number of thioether (sulfide) groups is 1. The van der Waals surface area contributed by atoms with Gasteiger partial charge in [0.15, 0.2) is 0 Å². The van der Waals surface area contributed by atoms with Crippen LogP contribution in [0, 0.1) is 0 Å². The Balaban J connectivity index is 2.15. The van der Waals surface area contributed by atoms with Crippen LogP contribution in [0.1, 0.15) is 26.2 Å². The highest BCUT2D eigenvalue weighted by Crippen LogP contribution is 2.24. The van der Waals surface area contributed by atoms with Crippen LogP contribution in [0.3, 0.4) is 0 Å². The molecule has 1 aromatic rings. The maximum absolute atomic E-state index is 5.41. The Bertz CT molecular complexity index is 432. The Hall–Kier alpha value is -1.28. The van der Waals surface area contributed by atoms with E-state index in [1.165, 1.54) is 6.42 Å². The summed E-state index contributed by atoms with van der Waals surface area (Å²) in [5.74, 6) is 6.38. The van der Waals surface area contributed by atoms with Crippen molar-refractivity contribution in [2.45, 2.75) is 31.4 Å². The summed E-state index contributed by atoms with van der Waals surface area (Å²) in [4.78, 5) is 15.0. The molecule has 1 saturated heterocycles. The van der Waals surface area contributed by atoms with E-state index < -0.39 is 0 Å². The van der Waals surface area contributed by atoms with E-state index in [1.54, 1.807) is 0 Å². The van der Waals surface area contributed by atoms with E-state index in [1.807, 2.05) is 18.7 Å². The molecule has 0 aromatic carbocycles. The number of nitrogens with two attached hydrogens (primary N) is 1. The molecule has 0 saturated carbocycles. The minimum absolute atomic E-state index is 0.316. The monoisotopic (exact) mass is 298 g/mol. The summed E-state index contributed by atoms with van der Waals surface area (Å²) in [7, 11) is 0. The zero-order valence-corrected chi connectivity index (χ0v) is 12.8.